The Kier molecular flexibility index (Phi) is 1.67. The van der Waals surface area contributed by atoms with Gasteiger partial charge in [0.25, 0.3) is 5.91 Å². The number of aromatic amines is 1. The number of nitrogens with zero attached hydrogens (tertiary/aromatic N) is 2. The first-order valence-corrected chi connectivity index (χ1v) is 3.56. The highest BCUT2D eigenvalue weighted by atomic mass is 16.5. The van der Waals surface area contributed by atoms with Gasteiger partial charge in [0.05, 0.1) is 5.52 Å². The molecule has 0 spiro atoms. The monoisotopic (exact) mass is 178 g/mol. The first-order chi connectivity index (χ1) is 6.33. The van der Waals surface area contributed by atoms with Crippen LogP contribution in [0.4, 0.5) is 0 Å². The molecule has 0 atom stereocenters. The summed E-state index contributed by atoms with van der Waals surface area (Å²) in [4.78, 5) is 14.9. The lowest BCUT2D eigenvalue weighted by Gasteiger charge is -1.91. The zero-order chi connectivity index (χ0) is 9.26. The lowest BCUT2D eigenvalue weighted by atomic mass is 10.3. The molecule has 2 heterocycles. The minimum Gasteiger partial charge on any atom is -0.288 e. The van der Waals surface area contributed by atoms with Crippen LogP contribution in [-0.2, 0) is 0 Å². The highest BCUT2D eigenvalue weighted by molar-refractivity contribution is 6.02. The van der Waals surface area contributed by atoms with Gasteiger partial charge in [0.2, 0.25) is 0 Å². The average Bonchev–Trinajstić information content (AvgIpc) is 2.60. The number of hydrogen-bond acceptors (Lipinski definition) is 4. The van der Waals surface area contributed by atoms with Crippen molar-refractivity contribution in [3.8, 4) is 0 Å². The Morgan fingerprint density at radius 1 is 1.62 bits per heavy atom. The Balaban J connectivity index is 2.64. The van der Waals surface area contributed by atoms with Crippen LogP contribution in [-0.4, -0.2) is 26.3 Å². The van der Waals surface area contributed by atoms with Crippen LogP contribution in [0.25, 0.3) is 11.0 Å². The highest BCUT2D eigenvalue weighted by Gasteiger charge is 2.13. The molecule has 3 N–H and O–H groups in total. The summed E-state index contributed by atoms with van der Waals surface area (Å²) < 4.78 is 0. The first-order valence-electron chi connectivity index (χ1n) is 3.56. The predicted octanol–water partition coefficient (Wildman–Crippen LogP) is 0.0769. The Bertz CT molecular complexity index is 450. The molecule has 0 aliphatic carbocycles. The normalized spacial score (nSPS) is 10.2. The van der Waals surface area contributed by atoms with E-state index in [4.69, 9.17) is 5.21 Å². The maximum atomic E-state index is 11.0. The van der Waals surface area contributed by atoms with E-state index in [-0.39, 0.29) is 5.69 Å². The van der Waals surface area contributed by atoms with Crippen LogP contribution in [0.2, 0.25) is 0 Å². The van der Waals surface area contributed by atoms with Gasteiger partial charge < -0.3 is 0 Å². The van der Waals surface area contributed by atoms with Gasteiger partial charge in [-0.05, 0) is 12.1 Å². The standard InChI is InChI=1S/C7H6N4O2/c12-7(11-13)6-5-4(9-10-6)2-1-3-8-5/h1-3,13H,(H,9,10)(H,11,12). The molecular formula is C7H6N4O2. The number of carbonyl (C=O) groups excluding carboxylic acids is 1. The van der Waals surface area contributed by atoms with Crippen LogP contribution in [0.1, 0.15) is 10.5 Å². The molecular weight excluding hydrogens is 172 g/mol. The van der Waals surface area contributed by atoms with Crippen molar-refractivity contribution < 1.29 is 10.0 Å². The van der Waals surface area contributed by atoms with Gasteiger partial charge >= 0.3 is 0 Å². The molecule has 2 rings (SSSR count). The van der Waals surface area contributed by atoms with E-state index in [1.54, 1.807) is 18.3 Å². The summed E-state index contributed by atoms with van der Waals surface area (Å²) in [5.74, 6) is -0.676. The Morgan fingerprint density at radius 3 is 3.23 bits per heavy atom. The number of hydrogen-bond donors (Lipinski definition) is 3. The van der Waals surface area contributed by atoms with Crippen molar-refractivity contribution in [2.75, 3.05) is 0 Å². The van der Waals surface area contributed by atoms with Crippen LogP contribution in [0.5, 0.6) is 0 Å². The zero-order valence-corrected chi connectivity index (χ0v) is 6.48. The molecule has 0 saturated heterocycles. The molecule has 0 bridgehead atoms. The maximum Gasteiger partial charge on any atom is 0.297 e. The molecule has 0 saturated carbocycles. The number of carbonyl (C=O) groups is 1. The molecule has 1 amide bonds. The van der Waals surface area contributed by atoms with E-state index in [1.807, 2.05) is 0 Å². The second-order valence-corrected chi connectivity index (χ2v) is 2.41. The molecule has 0 aromatic carbocycles. The number of hydroxylamine groups is 1. The second kappa shape index (κ2) is 2.83. The van der Waals surface area contributed by atoms with Crippen molar-refractivity contribution >= 4 is 16.9 Å². The van der Waals surface area contributed by atoms with E-state index in [0.29, 0.717) is 11.0 Å². The molecule has 2 aromatic rings. The summed E-state index contributed by atoms with van der Waals surface area (Å²) in [6.07, 6.45) is 1.55. The fraction of sp³-hybridized carbons (Fsp3) is 0. The van der Waals surface area contributed by atoms with Crippen molar-refractivity contribution in [2.24, 2.45) is 0 Å². The third-order valence-corrected chi connectivity index (χ3v) is 1.64. The lowest BCUT2D eigenvalue weighted by Crippen LogP contribution is -2.19. The van der Waals surface area contributed by atoms with Crippen LogP contribution in [0.3, 0.4) is 0 Å². The first kappa shape index (κ1) is 7.69. The number of pyridine rings is 1. The zero-order valence-electron chi connectivity index (χ0n) is 6.48. The largest absolute Gasteiger partial charge is 0.297 e. The number of amides is 1. The molecule has 0 radical (unpaired) electrons. The van der Waals surface area contributed by atoms with Crippen LogP contribution < -0.4 is 5.48 Å². The quantitative estimate of drug-likeness (QED) is 0.426. The van der Waals surface area contributed by atoms with E-state index < -0.39 is 5.91 Å². The minimum absolute atomic E-state index is 0.0816. The molecule has 0 aliphatic rings. The number of rotatable bonds is 1. The van der Waals surface area contributed by atoms with Crippen molar-refractivity contribution in [3.63, 3.8) is 0 Å². The Labute approximate surface area is 72.6 Å². The van der Waals surface area contributed by atoms with Crippen molar-refractivity contribution in [1.82, 2.24) is 20.7 Å². The minimum atomic E-state index is -0.676. The molecule has 6 heteroatoms. The van der Waals surface area contributed by atoms with Gasteiger partial charge in [-0.25, -0.2) is 5.48 Å². The van der Waals surface area contributed by atoms with Gasteiger partial charge in [0, 0.05) is 6.20 Å². The number of aromatic nitrogens is 3. The third-order valence-electron chi connectivity index (χ3n) is 1.64. The summed E-state index contributed by atoms with van der Waals surface area (Å²) >= 11 is 0. The van der Waals surface area contributed by atoms with Crippen LogP contribution in [0, 0.1) is 0 Å². The molecule has 2 aromatic heterocycles. The summed E-state index contributed by atoms with van der Waals surface area (Å²) in [5, 5.41) is 14.7. The molecule has 0 fully saturated rings. The number of H-pyrrole nitrogens is 1. The highest BCUT2D eigenvalue weighted by Crippen LogP contribution is 2.11. The SMILES string of the molecule is O=C(NO)c1n[nH]c2cccnc12. The van der Waals surface area contributed by atoms with Crippen LogP contribution in [0.15, 0.2) is 18.3 Å². The molecule has 0 unspecified atom stereocenters. The molecule has 0 aliphatic heterocycles. The number of nitrogens with one attached hydrogen (secondary N) is 2. The Hall–Kier alpha value is -1.95. The van der Waals surface area contributed by atoms with Crippen molar-refractivity contribution in [3.05, 3.63) is 24.0 Å². The predicted molar refractivity (Wildman–Crippen MR) is 43.1 cm³/mol. The van der Waals surface area contributed by atoms with Gasteiger partial charge in [-0.1, -0.05) is 0 Å². The van der Waals surface area contributed by atoms with E-state index >= 15 is 0 Å². The summed E-state index contributed by atoms with van der Waals surface area (Å²) in [6.45, 7) is 0. The van der Waals surface area contributed by atoms with Gasteiger partial charge in [-0.15, -0.1) is 0 Å². The van der Waals surface area contributed by atoms with Gasteiger partial charge in [0.1, 0.15) is 5.52 Å². The number of fused-ring (bicyclic) bond motifs is 1. The van der Waals surface area contributed by atoms with E-state index in [9.17, 15) is 4.79 Å². The summed E-state index contributed by atoms with van der Waals surface area (Å²) in [7, 11) is 0. The van der Waals surface area contributed by atoms with Gasteiger partial charge in [-0.2, -0.15) is 5.10 Å². The van der Waals surface area contributed by atoms with Gasteiger partial charge in [-0.3, -0.25) is 20.1 Å². The van der Waals surface area contributed by atoms with E-state index in [2.05, 4.69) is 15.2 Å². The third kappa shape index (κ3) is 1.13. The fourth-order valence-corrected chi connectivity index (χ4v) is 1.06. The smallest absolute Gasteiger partial charge is 0.288 e. The molecule has 6 nitrogen and oxygen atoms in total. The second-order valence-electron chi connectivity index (χ2n) is 2.41. The van der Waals surface area contributed by atoms with E-state index in [0.717, 1.165) is 0 Å². The van der Waals surface area contributed by atoms with Gasteiger partial charge in [0.15, 0.2) is 5.69 Å². The van der Waals surface area contributed by atoms with Crippen molar-refractivity contribution in [2.45, 2.75) is 0 Å². The average molecular weight is 178 g/mol. The van der Waals surface area contributed by atoms with Crippen molar-refractivity contribution in [1.29, 1.82) is 0 Å². The maximum absolute atomic E-state index is 11.0. The molecule has 66 valence electrons. The molecule has 13 heavy (non-hydrogen) atoms. The summed E-state index contributed by atoms with van der Waals surface area (Å²) in [6, 6.07) is 3.46. The fourth-order valence-electron chi connectivity index (χ4n) is 1.06. The van der Waals surface area contributed by atoms with E-state index in [1.165, 1.54) is 5.48 Å². The van der Waals surface area contributed by atoms with Crippen LogP contribution >= 0.6 is 0 Å². The lowest BCUT2D eigenvalue weighted by molar-refractivity contribution is 0.0702. The summed E-state index contributed by atoms with van der Waals surface area (Å²) in [5.41, 5.74) is 2.67. The Morgan fingerprint density at radius 2 is 2.46 bits per heavy atom. The topological polar surface area (TPSA) is 90.9 Å².